The number of rotatable bonds is 3. The summed E-state index contributed by atoms with van der Waals surface area (Å²) in [4.78, 5) is 11.5. The SMILES string of the molecule is C/C=C/C(=O)c1cc(OC)ccc1Cl. The van der Waals surface area contributed by atoms with Gasteiger partial charge in [-0.3, -0.25) is 4.79 Å². The lowest BCUT2D eigenvalue weighted by molar-refractivity contribution is 0.104. The number of carbonyl (C=O) groups excluding carboxylic acids is 1. The van der Waals surface area contributed by atoms with Crippen molar-refractivity contribution in [2.75, 3.05) is 7.11 Å². The molecule has 0 bridgehead atoms. The normalized spacial score (nSPS) is 10.5. The first-order valence-electron chi connectivity index (χ1n) is 4.19. The van der Waals surface area contributed by atoms with E-state index in [1.807, 2.05) is 0 Å². The second-order valence-electron chi connectivity index (χ2n) is 2.71. The quantitative estimate of drug-likeness (QED) is 0.566. The Hall–Kier alpha value is -1.28. The number of carbonyl (C=O) groups is 1. The van der Waals surface area contributed by atoms with Gasteiger partial charge in [-0.25, -0.2) is 0 Å². The monoisotopic (exact) mass is 210 g/mol. The fourth-order valence-electron chi connectivity index (χ4n) is 1.06. The first-order valence-corrected chi connectivity index (χ1v) is 4.57. The minimum atomic E-state index is -0.114. The zero-order valence-electron chi connectivity index (χ0n) is 8.08. The predicted octanol–water partition coefficient (Wildman–Crippen LogP) is 3.11. The van der Waals surface area contributed by atoms with Gasteiger partial charge in [0.2, 0.25) is 0 Å². The highest BCUT2D eigenvalue weighted by Crippen LogP contribution is 2.22. The zero-order valence-corrected chi connectivity index (χ0v) is 8.84. The van der Waals surface area contributed by atoms with Crippen molar-refractivity contribution in [1.82, 2.24) is 0 Å². The van der Waals surface area contributed by atoms with Crippen LogP contribution in [0.4, 0.5) is 0 Å². The Morgan fingerprint density at radius 2 is 2.21 bits per heavy atom. The number of ether oxygens (including phenoxy) is 1. The van der Waals surface area contributed by atoms with Gasteiger partial charge in [0.25, 0.3) is 0 Å². The molecule has 1 aromatic carbocycles. The summed E-state index contributed by atoms with van der Waals surface area (Å²) in [7, 11) is 1.55. The molecule has 0 aliphatic carbocycles. The third kappa shape index (κ3) is 2.36. The zero-order chi connectivity index (χ0) is 10.6. The minimum absolute atomic E-state index is 0.114. The summed E-state index contributed by atoms with van der Waals surface area (Å²) in [6.45, 7) is 1.78. The van der Waals surface area contributed by atoms with Crippen LogP contribution in [0.2, 0.25) is 5.02 Å². The van der Waals surface area contributed by atoms with Crippen molar-refractivity contribution in [2.24, 2.45) is 0 Å². The van der Waals surface area contributed by atoms with Gasteiger partial charge in [-0.1, -0.05) is 17.7 Å². The Kier molecular flexibility index (Phi) is 3.72. The molecule has 0 aliphatic rings. The van der Waals surface area contributed by atoms with E-state index in [0.29, 0.717) is 16.3 Å². The van der Waals surface area contributed by atoms with Gasteiger partial charge >= 0.3 is 0 Å². The molecule has 3 heteroatoms. The fourth-order valence-corrected chi connectivity index (χ4v) is 1.27. The van der Waals surface area contributed by atoms with Crippen LogP contribution in [0.25, 0.3) is 0 Å². The minimum Gasteiger partial charge on any atom is -0.497 e. The first kappa shape index (κ1) is 10.8. The lowest BCUT2D eigenvalue weighted by Crippen LogP contribution is -1.96. The number of methoxy groups -OCH3 is 1. The average Bonchev–Trinajstić information content (AvgIpc) is 2.19. The molecule has 74 valence electrons. The van der Waals surface area contributed by atoms with E-state index >= 15 is 0 Å². The summed E-state index contributed by atoms with van der Waals surface area (Å²) in [5, 5.41) is 0.439. The Morgan fingerprint density at radius 3 is 2.79 bits per heavy atom. The second-order valence-corrected chi connectivity index (χ2v) is 3.12. The molecule has 1 rings (SSSR count). The van der Waals surface area contributed by atoms with Crippen molar-refractivity contribution >= 4 is 17.4 Å². The molecule has 0 N–H and O–H groups in total. The Bertz CT molecular complexity index is 370. The van der Waals surface area contributed by atoms with E-state index in [1.165, 1.54) is 6.08 Å². The van der Waals surface area contributed by atoms with Crippen LogP contribution in [0.15, 0.2) is 30.4 Å². The van der Waals surface area contributed by atoms with Gasteiger partial charge in [0.05, 0.1) is 12.1 Å². The molecule has 0 radical (unpaired) electrons. The van der Waals surface area contributed by atoms with E-state index in [4.69, 9.17) is 16.3 Å². The van der Waals surface area contributed by atoms with Crippen molar-refractivity contribution in [3.63, 3.8) is 0 Å². The number of hydrogen-bond donors (Lipinski definition) is 0. The number of ketones is 1. The summed E-state index contributed by atoms with van der Waals surface area (Å²) < 4.78 is 5.00. The third-order valence-electron chi connectivity index (χ3n) is 1.76. The Labute approximate surface area is 88.1 Å². The van der Waals surface area contributed by atoms with E-state index in [9.17, 15) is 4.79 Å². The molecule has 0 fully saturated rings. The number of allylic oxidation sites excluding steroid dienone is 2. The molecule has 0 heterocycles. The van der Waals surface area contributed by atoms with Crippen LogP contribution in [-0.4, -0.2) is 12.9 Å². The van der Waals surface area contributed by atoms with Gasteiger partial charge in [-0.15, -0.1) is 0 Å². The lowest BCUT2D eigenvalue weighted by atomic mass is 10.1. The maximum Gasteiger partial charge on any atom is 0.187 e. The average molecular weight is 211 g/mol. The Balaban J connectivity index is 3.12. The molecule has 0 unspecified atom stereocenters. The maximum atomic E-state index is 11.5. The van der Waals surface area contributed by atoms with Crippen LogP contribution in [0.3, 0.4) is 0 Å². The highest BCUT2D eigenvalue weighted by molar-refractivity contribution is 6.34. The molecule has 2 nitrogen and oxygen atoms in total. The fraction of sp³-hybridized carbons (Fsp3) is 0.182. The van der Waals surface area contributed by atoms with Crippen LogP contribution >= 0.6 is 11.6 Å². The molecular weight excluding hydrogens is 200 g/mol. The van der Waals surface area contributed by atoms with Crippen LogP contribution in [-0.2, 0) is 0 Å². The molecule has 0 atom stereocenters. The summed E-state index contributed by atoms with van der Waals surface area (Å²) >= 11 is 5.87. The topological polar surface area (TPSA) is 26.3 Å². The summed E-state index contributed by atoms with van der Waals surface area (Å²) in [5.74, 6) is 0.513. The van der Waals surface area contributed by atoms with E-state index in [-0.39, 0.29) is 5.78 Å². The molecule has 0 saturated carbocycles. The second kappa shape index (κ2) is 4.82. The predicted molar refractivity (Wildman–Crippen MR) is 57.1 cm³/mol. The molecule has 0 spiro atoms. The Morgan fingerprint density at radius 1 is 1.50 bits per heavy atom. The summed E-state index contributed by atoms with van der Waals surface area (Å²) in [6, 6.07) is 5.00. The van der Waals surface area contributed by atoms with Crippen LogP contribution in [0.5, 0.6) is 5.75 Å². The molecular formula is C11H11ClO2. The maximum absolute atomic E-state index is 11.5. The van der Waals surface area contributed by atoms with Crippen LogP contribution < -0.4 is 4.74 Å². The van der Waals surface area contributed by atoms with Gasteiger partial charge < -0.3 is 4.74 Å². The molecule has 0 amide bonds. The van der Waals surface area contributed by atoms with Crippen molar-refractivity contribution in [1.29, 1.82) is 0 Å². The van der Waals surface area contributed by atoms with Gasteiger partial charge in [-0.05, 0) is 31.2 Å². The molecule has 0 aliphatic heterocycles. The van der Waals surface area contributed by atoms with Crippen molar-refractivity contribution in [3.05, 3.63) is 40.9 Å². The van der Waals surface area contributed by atoms with Gasteiger partial charge in [0.15, 0.2) is 5.78 Å². The van der Waals surface area contributed by atoms with E-state index in [1.54, 1.807) is 38.3 Å². The first-order chi connectivity index (χ1) is 6.69. The smallest absolute Gasteiger partial charge is 0.187 e. The highest BCUT2D eigenvalue weighted by atomic mass is 35.5. The molecule has 0 aromatic heterocycles. The molecule has 14 heavy (non-hydrogen) atoms. The van der Waals surface area contributed by atoms with Crippen molar-refractivity contribution < 1.29 is 9.53 Å². The summed E-state index contributed by atoms with van der Waals surface area (Å²) in [5.41, 5.74) is 0.462. The van der Waals surface area contributed by atoms with E-state index in [0.717, 1.165) is 0 Å². The highest BCUT2D eigenvalue weighted by Gasteiger charge is 2.08. The van der Waals surface area contributed by atoms with E-state index in [2.05, 4.69) is 0 Å². The number of halogens is 1. The van der Waals surface area contributed by atoms with Crippen molar-refractivity contribution in [2.45, 2.75) is 6.92 Å². The van der Waals surface area contributed by atoms with Crippen molar-refractivity contribution in [3.8, 4) is 5.75 Å². The largest absolute Gasteiger partial charge is 0.497 e. The third-order valence-corrected chi connectivity index (χ3v) is 2.09. The van der Waals surface area contributed by atoms with Crippen LogP contribution in [0, 0.1) is 0 Å². The standard InChI is InChI=1S/C11H11ClO2/c1-3-4-11(13)9-7-8(14-2)5-6-10(9)12/h3-7H,1-2H3/b4-3+. The van der Waals surface area contributed by atoms with Gasteiger partial charge in [0.1, 0.15) is 5.75 Å². The summed E-state index contributed by atoms with van der Waals surface area (Å²) in [6.07, 6.45) is 3.15. The van der Waals surface area contributed by atoms with Gasteiger partial charge in [-0.2, -0.15) is 0 Å². The lowest BCUT2D eigenvalue weighted by Gasteiger charge is -2.03. The molecule has 1 aromatic rings. The number of benzene rings is 1. The number of hydrogen-bond acceptors (Lipinski definition) is 2. The van der Waals surface area contributed by atoms with Crippen LogP contribution in [0.1, 0.15) is 17.3 Å². The van der Waals surface area contributed by atoms with Gasteiger partial charge in [0, 0.05) is 5.56 Å². The van der Waals surface area contributed by atoms with E-state index < -0.39 is 0 Å². The molecule has 0 saturated heterocycles.